The molecule has 38 heavy (non-hydrogen) atoms. The Morgan fingerprint density at radius 3 is 2.74 bits per heavy atom. The minimum absolute atomic E-state index is 0.00346. The molecule has 4 heterocycles. The molecule has 6 rings (SSSR count). The molecule has 0 saturated carbocycles. The van der Waals surface area contributed by atoms with E-state index in [2.05, 4.69) is 5.32 Å². The lowest BCUT2D eigenvalue weighted by atomic mass is 9.81. The first-order valence-corrected chi connectivity index (χ1v) is 12.4. The number of carboxylic acids is 1. The van der Waals surface area contributed by atoms with Crippen LogP contribution < -0.4 is 10.9 Å². The molecule has 0 bridgehead atoms. The molecule has 2 aromatic heterocycles. The van der Waals surface area contributed by atoms with Crippen LogP contribution in [0.15, 0.2) is 16.9 Å². The van der Waals surface area contributed by atoms with Crippen molar-refractivity contribution in [3.05, 3.63) is 61.7 Å². The van der Waals surface area contributed by atoms with Crippen LogP contribution in [0.3, 0.4) is 0 Å². The number of carbonyl (C=O) groups excluding carboxylic acids is 2. The average Bonchev–Trinajstić information content (AvgIpc) is 3.24. The van der Waals surface area contributed by atoms with Gasteiger partial charge in [-0.1, -0.05) is 6.92 Å². The molecule has 0 spiro atoms. The summed E-state index contributed by atoms with van der Waals surface area (Å²) in [6.45, 7) is 3.13. The van der Waals surface area contributed by atoms with Gasteiger partial charge in [0.2, 0.25) is 5.91 Å². The molecular weight excluding hydrogens is 497 g/mol. The Labute approximate surface area is 215 Å². The summed E-state index contributed by atoms with van der Waals surface area (Å²) in [6, 6.07) is 2.32. The highest BCUT2D eigenvalue weighted by atomic mass is 19.1. The highest BCUT2D eigenvalue weighted by molar-refractivity contribution is 5.96. The average molecular weight is 522 g/mol. The summed E-state index contributed by atoms with van der Waals surface area (Å²) < 4.78 is 21.5. The monoisotopic (exact) mass is 521 g/mol. The third-order valence-corrected chi connectivity index (χ3v) is 8.02. The van der Waals surface area contributed by atoms with Crippen LogP contribution in [0.5, 0.6) is 0 Å². The van der Waals surface area contributed by atoms with Crippen molar-refractivity contribution in [1.29, 1.82) is 0 Å². The molecule has 1 aromatic carbocycles. The van der Waals surface area contributed by atoms with Crippen LogP contribution in [0.25, 0.3) is 22.3 Å². The molecular formula is C27H24FN3O7. The van der Waals surface area contributed by atoms with Crippen molar-refractivity contribution in [2.45, 2.75) is 64.3 Å². The number of halogens is 1. The summed E-state index contributed by atoms with van der Waals surface area (Å²) in [5.41, 5.74) is 1.58. The van der Waals surface area contributed by atoms with Gasteiger partial charge in [0.05, 0.1) is 35.1 Å². The minimum Gasteiger partial charge on any atom is -0.481 e. The van der Waals surface area contributed by atoms with Crippen LogP contribution in [-0.2, 0) is 44.3 Å². The SMILES string of the molecule is CC[C@@]1(O)C(=O)OCc2c1cc1n(c2=O)Cc2c-1nc1cc(F)c(C)c3c1c2[C@@H](NC(=O)CC(=O)O)CC3. The van der Waals surface area contributed by atoms with E-state index < -0.39 is 47.3 Å². The van der Waals surface area contributed by atoms with Crippen molar-refractivity contribution < 1.29 is 33.7 Å². The van der Waals surface area contributed by atoms with E-state index in [-0.39, 0.29) is 30.7 Å². The van der Waals surface area contributed by atoms with Gasteiger partial charge < -0.3 is 24.8 Å². The van der Waals surface area contributed by atoms with Gasteiger partial charge in [0.1, 0.15) is 18.8 Å². The fraction of sp³-hybridized carbons (Fsp3) is 0.370. The normalized spacial score (nSPS) is 20.9. The van der Waals surface area contributed by atoms with Crippen molar-refractivity contribution >= 4 is 28.7 Å². The van der Waals surface area contributed by atoms with Crippen LogP contribution in [0.4, 0.5) is 4.39 Å². The number of fused-ring (bicyclic) bond motifs is 5. The zero-order valence-corrected chi connectivity index (χ0v) is 20.7. The number of aliphatic carboxylic acids is 1. The molecule has 11 heteroatoms. The van der Waals surface area contributed by atoms with Crippen LogP contribution in [0, 0.1) is 12.7 Å². The van der Waals surface area contributed by atoms with Crippen molar-refractivity contribution in [2.24, 2.45) is 0 Å². The second kappa shape index (κ2) is 8.19. The smallest absolute Gasteiger partial charge is 0.343 e. The van der Waals surface area contributed by atoms with Crippen LogP contribution in [-0.4, -0.2) is 37.6 Å². The number of carboxylic acid groups (broad SMARTS) is 1. The lowest BCUT2D eigenvalue weighted by molar-refractivity contribution is -0.172. The van der Waals surface area contributed by atoms with Crippen LogP contribution in [0.1, 0.15) is 65.6 Å². The predicted octanol–water partition coefficient (Wildman–Crippen LogP) is 2.11. The molecule has 10 nitrogen and oxygen atoms in total. The number of ether oxygens (including phenoxy) is 1. The van der Waals surface area contributed by atoms with Crippen molar-refractivity contribution in [3.8, 4) is 11.4 Å². The van der Waals surface area contributed by atoms with Crippen LogP contribution >= 0.6 is 0 Å². The number of nitrogens with zero attached hydrogens (tertiary/aromatic N) is 2. The Kier molecular flexibility index (Phi) is 5.22. The number of esters is 1. The third kappa shape index (κ3) is 3.24. The van der Waals surface area contributed by atoms with Gasteiger partial charge in [-0.25, -0.2) is 14.2 Å². The maximum absolute atomic E-state index is 14.9. The molecule has 3 aromatic rings. The Morgan fingerprint density at radius 2 is 2.03 bits per heavy atom. The zero-order chi connectivity index (χ0) is 27.1. The molecule has 0 unspecified atom stereocenters. The molecule has 0 saturated heterocycles. The number of aryl methyl sites for hydroxylation is 1. The lowest BCUT2D eigenvalue weighted by Crippen LogP contribution is -2.44. The van der Waals surface area contributed by atoms with Gasteiger partial charge in [-0.2, -0.15) is 0 Å². The Morgan fingerprint density at radius 1 is 1.26 bits per heavy atom. The van der Waals surface area contributed by atoms with E-state index in [1.165, 1.54) is 10.6 Å². The van der Waals surface area contributed by atoms with E-state index in [0.29, 0.717) is 51.8 Å². The third-order valence-electron chi connectivity index (χ3n) is 8.02. The number of cyclic esters (lactones) is 1. The summed E-state index contributed by atoms with van der Waals surface area (Å²) in [5.74, 6) is -3.18. The molecule has 1 amide bonds. The number of aliphatic hydroxyl groups is 1. The lowest BCUT2D eigenvalue weighted by Gasteiger charge is -2.31. The van der Waals surface area contributed by atoms with E-state index in [4.69, 9.17) is 14.8 Å². The Bertz CT molecular complexity index is 1680. The number of pyridine rings is 2. The fourth-order valence-corrected chi connectivity index (χ4v) is 6.08. The minimum atomic E-state index is -1.99. The first-order valence-electron chi connectivity index (χ1n) is 12.4. The van der Waals surface area contributed by atoms with Crippen LogP contribution in [0.2, 0.25) is 0 Å². The molecule has 196 valence electrons. The molecule has 3 N–H and O–H groups in total. The fourth-order valence-electron chi connectivity index (χ4n) is 6.08. The second-order valence-corrected chi connectivity index (χ2v) is 10.0. The Balaban J connectivity index is 1.62. The van der Waals surface area contributed by atoms with Gasteiger partial charge in [0, 0.05) is 22.6 Å². The first-order chi connectivity index (χ1) is 18.0. The highest BCUT2D eigenvalue weighted by Gasteiger charge is 2.46. The second-order valence-electron chi connectivity index (χ2n) is 10.0. The molecule has 1 aliphatic carbocycles. The Hall–Kier alpha value is -4.12. The summed E-state index contributed by atoms with van der Waals surface area (Å²) in [7, 11) is 0. The maximum Gasteiger partial charge on any atom is 0.343 e. The number of benzene rings is 1. The van der Waals surface area contributed by atoms with Gasteiger partial charge in [0.15, 0.2) is 5.60 Å². The molecule has 0 fully saturated rings. The van der Waals surface area contributed by atoms with E-state index in [1.807, 2.05) is 0 Å². The van der Waals surface area contributed by atoms with Gasteiger partial charge in [0.25, 0.3) is 5.56 Å². The number of hydrogen-bond donors (Lipinski definition) is 3. The van der Waals surface area contributed by atoms with Gasteiger partial charge >= 0.3 is 11.9 Å². The van der Waals surface area contributed by atoms with Crippen molar-refractivity contribution in [2.75, 3.05) is 0 Å². The maximum atomic E-state index is 14.9. The molecule has 3 aliphatic rings. The number of amides is 1. The van der Waals surface area contributed by atoms with E-state index >= 15 is 0 Å². The molecule has 2 atom stereocenters. The highest BCUT2D eigenvalue weighted by Crippen LogP contribution is 2.45. The topological polar surface area (TPSA) is 148 Å². The van der Waals surface area contributed by atoms with E-state index in [1.54, 1.807) is 19.9 Å². The number of hydrogen-bond acceptors (Lipinski definition) is 7. The first kappa shape index (κ1) is 24.2. The standard InChI is InChI=1S/C27H24FN3O7/c1-3-27(37)15-6-19-24-13(9-31(19)25(35)14(15)10-38-26(27)36)23-17(29-20(32)8-21(33)34)5-4-12-11(2)16(28)7-18(30-24)22(12)23/h6-7,17,37H,3-5,8-10H2,1-2H3,(H,29,32)(H,33,34)/t17-,27-/m0/s1. The number of nitrogens with one attached hydrogen (secondary N) is 1. The summed E-state index contributed by atoms with van der Waals surface area (Å²) in [4.78, 5) is 54.4. The summed E-state index contributed by atoms with van der Waals surface area (Å²) in [6.07, 6.45) is 0.165. The number of rotatable bonds is 4. The quantitative estimate of drug-likeness (QED) is 0.273. The van der Waals surface area contributed by atoms with Gasteiger partial charge in [-0.05, 0) is 48.9 Å². The molecule has 0 radical (unpaired) electrons. The van der Waals surface area contributed by atoms with Gasteiger partial charge in [-0.3, -0.25) is 14.4 Å². The van der Waals surface area contributed by atoms with Crippen molar-refractivity contribution in [1.82, 2.24) is 14.9 Å². The van der Waals surface area contributed by atoms with Gasteiger partial charge in [-0.15, -0.1) is 0 Å². The summed E-state index contributed by atoms with van der Waals surface area (Å²) >= 11 is 0. The summed E-state index contributed by atoms with van der Waals surface area (Å²) in [5, 5.41) is 23.7. The largest absolute Gasteiger partial charge is 0.481 e. The molecule has 2 aliphatic heterocycles. The zero-order valence-electron chi connectivity index (χ0n) is 20.7. The number of carbonyl (C=O) groups is 3. The van der Waals surface area contributed by atoms with E-state index in [9.17, 15) is 28.7 Å². The number of aromatic nitrogens is 2. The van der Waals surface area contributed by atoms with Crippen molar-refractivity contribution in [3.63, 3.8) is 0 Å². The van der Waals surface area contributed by atoms with E-state index in [0.717, 1.165) is 5.56 Å². The predicted molar refractivity (Wildman–Crippen MR) is 131 cm³/mol.